The number of aliphatic imine (C=N–C) groups is 1. The Balaban J connectivity index is 2.37. The molecule has 0 aromatic heterocycles. The number of amidine groups is 1. The summed E-state index contributed by atoms with van der Waals surface area (Å²) >= 11 is 0. The lowest BCUT2D eigenvalue weighted by molar-refractivity contribution is -0.132. The molecule has 0 aliphatic heterocycles. The number of anilines is 1. The summed E-state index contributed by atoms with van der Waals surface area (Å²) in [6, 6.07) is 12.1. The minimum absolute atomic E-state index is 0.123. The zero-order chi connectivity index (χ0) is 19.1. The summed E-state index contributed by atoms with van der Waals surface area (Å²) in [7, 11) is 1.35. The molecule has 0 unspecified atom stereocenters. The van der Waals surface area contributed by atoms with Crippen molar-refractivity contribution in [3.63, 3.8) is 0 Å². The molecule has 2 aromatic carbocycles. The van der Waals surface area contributed by atoms with Gasteiger partial charge in [0, 0.05) is 0 Å². The number of rotatable bonds is 5. The first-order chi connectivity index (χ1) is 12.5. The van der Waals surface area contributed by atoms with Crippen LogP contribution in [0.15, 0.2) is 41.4 Å². The lowest BCUT2D eigenvalue weighted by Crippen LogP contribution is -2.37. The Morgan fingerprint density at radius 3 is 2.04 bits per heavy atom. The number of hydrogen-bond acceptors (Lipinski definition) is 4. The first-order valence-corrected chi connectivity index (χ1v) is 8.87. The minimum Gasteiger partial charge on any atom is -0.463 e. The molecule has 5 heteroatoms. The quantitative estimate of drug-likeness (QED) is 0.365. The number of ether oxygens (including phenoxy) is 1. The van der Waals surface area contributed by atoms with Crippen molar-refractivity contribution in [3.8, 4) is 0 Å². The predicted molar refractivity (Wildman–Crippen MR) is 107 cm³/mol. The van der Waals surface area contributed by atoms with Gasteiger partial charge in [-0.15, -0.1) is 0 Å². The largest absolute Gasteiger partial charge is 0.463 e. The minimum atomic E-state index is -0.521. The second kappa shape index (κ2) is 9.04. The molecule has 2 aromatic rings. The van der Waals surface area contributed by atoms with Gasteiger partial charge in [-0.05, 0) is 48.9 Å². The van der Waals surface area contributed by atoms with Crippen molar-refractivity contribution in [3.05, 3.63) is 58.7 Å². The fourth-order valence-electron chi connectivity index (χ4n) is 2.84. The molecule has 0 amide bonds. The van der Waals surface area contributed by atoms with Crippen molar-refractivity contribution in [2.45, 2.75) is 40.5 Å². The highest BCUT2D eigenvalue weighted by atomic mass is 16.5. The molecule has 2 N–H and O–H groups in total. The smallest absolute Gasteiger partial charge is 0.375 e. The average Bonchev–Trinajstić information content (AvgIpc) is 2.66. The third kappa shape index (κ3) is 4.42. The van der Waals surface area contributed by atoms with E-state index in [1.807, 2.05) is 32.0 Å². The maximum atomic E-state index is 12.2. The number of carbonyl (C=O) groups excluding carboxylic acids is 1. The molecule has 0 aliphatic carbocycles. The Kier molecular flexibility index (Phi) is 6.78. The monoisotopic (exact) mass is 353 g/mol. The maximum absolute atomic E-state index is 12.2. The van der Waals surface area contributed by atoms with Crippen LogP contribution in [0.5, 0.6) is 0 Å². The van der Waals surface area contributed by atoms with E-state index in [2.05, 4.69) is 47.9 Å². The number of carbonyl (C=O) groups is 1. The van der Waals surface area contributed by atoms with Crippen LogP contribution in [0, 0.1) is 13.8 Å². The first kappa shape index (κ1) is 19.5. The number of hydrogen-bond donors (Lipinski definition) is 2. The van der Waals surface area contributed by atoms with Gasteiger partial charge in [0.1, 0.15) is 0 Å². The van der Waals surface area contributed by atoms with Gasteiger partial charge in [0.15, 0.2) is 0 Å². The highest BCUT2D eigenvalue weighted by Gasteiger charge is 2.15. The van der Waals surface area contributed by atoms with E-state index in [1.165, 1.54) is 18.2 Å². The van der Waals surface area contributed by atoms with Crippen LogP contribution >= 0.6 is 0 Å². The number of aryl methyl sites for hydroxylation is 4. The molecule has 138 valence electrons. The van der Waals surface area contributed by atoms with Crippen LogP contribution in [0.1, 0.15) is 36.1 Å². The van der Waals surface area contributed by atoms with Crippen LogP contribution in [0.25, 0.3) is 0 Å². The number of hydrazine groups is 1. The van der Waals surface area contributed by atoms with Gasteiger partial charge in [-0.2, -0.15) is 0 Å². The molecule has 0 bridgehead atoms. The van der Waals surface area contributed by atoms with Crippen molar-refractivity contribution in [2.75, 3.05) is 12.5 Å². The maximum Gasteiger partial charge on any atom is 0.375 e. The van der Waals surface area contributed by atoms with E-state index in [0.717, 1.165) is 35.3 Å². The van der Waals surface area contributed by atoms with Gasteiger partial charge < -0.3 is 4.74 Å². The molecule has 26 heavy (non-hydrogen) atoms. The lowest BCUT2D eigenvalue weighted by atomic mass is 10.0. The Hall–Kier alpha value is -2.82. The number of esters is 1. The fraction of sp³-hybridized carbons (Fsp3) is 0.333. The van der Waals surface area contributed by atoms with Crippen molar-refractivity contribution in [2.24, 2.45) is 4.99 Å². The normalized spacial score (nSPS) is 11.2. The summed E-state index contributed by atoms with van der Waals surface area (Å²) < 4.78 is 4.89. The van der Waals surface area contributed by atoms with E-state index < -0.39 is 5.97 Å². The summed E-state index contributed by atoms with van der Waals surface area (Å²) in [6.45, 7) is 8.14. The van der Waals surface area contributed by atoms with E-state index >= 15 is 0 Å². The van der Waals surface area contributed by atoms with E-state index in [4.69, 9.17) is 4.74 Å². The van der Waals surface area contributed by atoms with Crippen LogP contribution < -0.4 is 10.9 Å². The Labute approximate surface area is 155 Å². The highest BCUT2D eigenvalue weighted by Crippen LogP contribution is 2.24. The van der Waals surface area contributed by atoms with Crippen LogP contribution in [0.4, 0.5) is 11.4 Å². The highest BCUT2D eigenvalue weighted by molar-refractivity contribution is 6.36. The van der Waals surface area contributed by atoms with Gasteiger partial charge in [0.2, 0.25) is 5.84 Å². The molecule has 0 aliphatic rings. The molecular formula is C21H27N3O2. The van der Waals surface area contributed by atoms with Crippen LogP contribution in [0.2, 0.25) is 0 Å². The van der Waals surface area contributed by atoms with Gasteiger partial charge in [-0.1, -0.05) is 50.2 Å². The summed E-state index contributed by atoms with van der Waals surface area (Å²) in [5.74, 6) is -0.398. The van der Waals surface area contributed by atoms with Gasteiger partial charge in [0.25, 0.3) is 0 Å². The van der Waals surface area contributed by atoms with Crippen molar-refractivity contribution in [1.82, 2.24) is 5.43 Å². The lowest BCUT2D eigenvalue weighted by Gasteiger charge is -2.17. The second-order valence-electron chi connectivity index (χ2n) is 6.10. The number of para-hydroxylation sites is 2. The SMILES string of the molecule is CCc1cccc(CC)c1NNC(=Nc1c(C)cccc1C)C(=O)OC. The molecule has 5 nitrogen and oxygen atoms in total. The summed E-state index contributed by atoms with van der Waals surface area (Å²) in [5.41, 5.74) is 12.2. The standard InChI is InChI=1S/C21H27N3O2/c1-6-16-12-9-13-17(7-2)19(16)23-24-20(21(25)26-5)22-18-14(3)10-8-11-15(18)4/h8-13,23H,6-7H2,1-5H3,(H,22,24). The molecule has 0 atom stereocenters. The van der Waals surface area contributed by atoms with Crippen molar-refractivity contribution in [1.29, 1.82) is 0 Å². The van der Waals surface area contributed by atoms with Gasteiger partial charge in [0.05, 0.1) is 18.5 Å². The zero-order valence-electron chi connectivity index (χ0n) is 16.1. The average molecular weight is 353 g/mol. The van der Waals surface area contributed by atoms with Crippen LogP contribution in [-0.2, 0) is 22.4 Å². The summed E-state index contributed by atoms with van der Waals surface area (Å²) in [6.07, 6.45) is 1.78. The van der Waals surface area contributed by atoms with Gasteiger partial charge >= 0.3 is 5.97 Å². The topological polar surface area (TPSA) is 62.7 Å². The zero-order valence-corrected chi connectivity index (χ0v) is 16.1. The Morgan fingerprint density at radius 2 is 1.54 bits per heavy atom. The van der Waals surface area contributed by atoms with E-state index in [0.29, 0.717) is 0 Å². The molecule has 0 radical (unpaired) electrons. The number of methoxy groups -OCH3 is 1. The van der Waals surface area contributed by atoms with Crippen molar-refractivity contribution >= 4 is 23.2 Å². The molecule has 0 spiro atoms. The van der Waals surface area contributed by atoms with Crippen LogP contribution in [0.3, 0.4) is 0 Å². The van der Waals surface area contributed by atoms with Gasteiger partial charge in [-0.25, -0.2) is 9.79 Å². The fourth-order valence-corrected chi connectivity index (χ4v) is 2.84. The van der Waals surface area contributed by atoms with E-state index in [1.54, 1.807) is 0 Å². The molecule has 2 rings (SSSR count). The summed E-state index contributed by atoms with van der Waals surface area (Å²) in [5, 5.41) is 0. The third-order valence-electron chi connectivity index (χ3n) is 4.35. The van der Waals surface area contributed by atoms with E-state index in [-0.39, 0.29) is 5.84 Å². The molecule has 0 fully saturated rings. The molecule has 0 heterocycles. The van der Waals surface area contributed by atoms with Crippen LogP contribution in [-0.4, -0.2) is 18.9 Å². The predicted octanol–water partition coefficient (Wildman–Crippen LogP) is 4.25. The first-order valence-electron chi connectivity index (χ1n) is 8.87. The number of nitrogens with zero attached hydrogens (tertiary/aromatic N) is 1. The third-order valence-corrected chi connectivity index (χ3v) is 4.35. The number of benzene rings is 2. The number of nitrogens with one attached hydrogen (secondary N) is 2. The van der Waals surface area contributed by atoms with Gasteiger partial charge in [-0.3, -0.25) is 10.9 Å². The van der Waals surface area contributed by atoms with E-state index in [9.17, 15) is 4.79 Å². The Bertz CT molecular complexity index is 770. The molecular weight excluding hydrogens is 326 g/mol. The molecule has 0 saturated heterocycles. The molecule has 0 saturated carbocycles. The second-order valence-corrected chi connectivity index (χ2v) is 6.10. The Morgan fingerprint density at radius 1 is 1.00 bits per heavy atom. The summed E-state index contributed by atoms with van der Waals surface area (Å²) in [4.78, 5) is 16.7. The van der Waals surface area contributed by atoms with Crippen molar-refractivity contribution < 1.29 is 9.53 Å².